The van der Waals surface area contributed by atoms with Crippen molar-refractivity contribution in [3.63, 3.8) is 0 Å². The van der Waals surface area contributed by atoms with Crippen molar-refractivity contribution in [2.45, 2.75) is 32.2 Å². The molecule has 1 unspecified atom stereocenters. The zero-order valence-corrected chi connectivity index (χ0v) is 10.6. The summed E-state index contributed by atoms with van der Waals surface area (Å²) in [6, 6.07) is 0.363. The van der Waals surface area contributed by atoms with E-state index in [0.717, 1.165) is 30.9 Å². The molecule has 1 atom stereocenters. The van der Waals surface area contributed by atoms with E-state index in [4.69, 9.17) is 4.74 Å². The summed E-state index contributed by atoms with van der Waals surface area (Å²) >= 11 is 1.71. The Morgan fingerprint density at radius 1 is 1.62 bits per heavy atom. The fourth-order valence-corrected chi connectivity index (χ4v) is 2.60. The predicted octanol–water partition coefficient (Wildman–Crippen LogP) is 2.28. The second-order valence-electron chi connectivity index (χ2n) is 4.07. The van der Waals surface area contributed by atoms with Gasteiger partial charge in [-0.05, 0) is 32.4 Å². The minimum Gasteiger partial charge on any atom is -0.501 e. The van der Waals surface area contributed by atoms with Gasteiger partial charge in [-0.1, -0.05) is 0 Å². The third-order valence-corrected chi connectivity index (χ3v) is 3.66. The van der Waals surface area contributed by atoms with Gasteiger partial charge in [0.25, 0.3) is 0 Å². The Hall–Kier alpha value is -0.870. The minimum absolute atomic E-state index is 0.363. The molecule has 88 valence electrons. The lowest BCUT2D eigenvalue weighted by Crippen LogP contribution is -2.31. The fraction of sp³-hybridized carbons (Fsp3) is 0.583. The monoisotopic (exact) mass is 238 g/mol. The van der Waals surface area contributed by atoms with E-state index in [1.165, 1.54) is 11.3 Å². The molecule has 0 radical (unpaired) electrons. The molecule has 0 fully saturated rings. The van der Waals surface area contributed by atoms with Crippen LogP contribution in [0.2, 0.25) is 0 Å². The molecule has 1 N–H and O–H groups in total. The molecule has 2 heterocycles. The van der Waals surface area contributed by atoms with Gasteiger partial charge in [0.2, 0.25) is 0 Å². The number of aryl methyl sites for hydroxylation is 1. The Kier molecular flexibility index (Phi) is 3.96. The smallest absolute Gasteiger partial charge is 0.0897 e. The molecule has 3 nitrogen and oxygen atoms in total. The molecule has 1 aromatic rings. The maximum Gasteiger partial charge on any atom is 0.0897 e. The highest BCUT2D eigenvalue weighted by atomic mass is 32.1. The predicted molar refractivity (Wildman–Crippen MR) is 66.7 cm³/mol. The summed E-state index contributed by atoms with van der Waals surface area (Å²) in [5.74, 6) is 0. The van der Waals surface area contributed by atoms with E-state index in [-0.39, 0.29) is 0 Å². The van der Waals surface area contributed by atoms with Crippen molar-refractivity contribution in [1.29, 1.82) is 0 Å². The van der Waals surface area contributed by atoms with E-state index >= 15 is 0 Å². The molecule has 4 heteroatoms. The number of hydrogen-bond acceptors (Lipinski definition) is 4. The standard InChI is InChI=1S/C12H18N2OS/c1-9-14-11(8-16-9)6-12(13-2)10-4-3-5-15-7-10/h7-8,12-13H,3-6H2,1-2H3. The van der Waals surface area contributed by atoms with E-state index in [9.17, 15) is 0 Å². The van der Waals surface area contributed by atoms with E-state index in [1.54, 1.807) is 11.3 Å². The highest BCUT2D eigenvalue weighted by Crippen LogP contribution is 2.19. The van der Waals surface area contributed by atoms with Gasteiger partial charge in [-0.2, -0.15) is 0 Å². The van der Waals surface area contributed by atoms with Gasteiger partial charge in [0, 0.05) is 17.8 Å². The number of likely N-dealkylation sites (N-methyl/N-ethyl adjacent to an activating group) is 1. The van der Waals surface area contributed by atoms with Crippen LogP contribution >= 0.6 is 11.3 Å². The molecule has 0 aliphatic carbocycles. The normalized spacial score (nSPS) is 17.8. The number of hydrogen-bond donors (Lipinski definition) is 1. The van der Waals surface area contributed by atoms with Crippen LogP contribution < -0.4 is 5.32 Å². The molecule has 0 aromatic carbocycles. The lowest BCUT2D eigenvalue weighted by Gasteiger charge is -2.22. The van der Waals surface area contributed by atoms with Crippen LogP contribution in [0.1, 0.15) is 23.5 Å². The zero-order valence-electron chi connectivity index (χ0n) is 9.82. The summed E-state index contributed by atoms with van der Waals surface area (Å²) in [5, 5.41) is 6.63. The SMILES string of the molecule is CNC(Cc1csc(C)n1)C1=COCCC1. The highest BCUT2D eigenvalue weighted by molar-refractivity contribution is 7.09. The van der Waals surface area contributed by atoms with E-state index < -0.39 is 0 Å². The second-order valence-corrected chi connectivity index (χ2v) is 5.13. The van der Waals surface area contributed by atoms with Gasteiger partial charge in [-0.15, -0.1) is 11.3 Å². The summed E-state index contributed by atoms with van der Waals surface area (Å²) < 4.78 is 5.39. The van der Waals surface area contributed by atoms with Crippen LogP contribution in [0.4, 0.5) is 0 Å². The lowest BCUT2D eigenvalue weighted by atomic mass is 9.98. The summed E-state index contributed by atoms with van der Waals surface area (Å²) in [5.41, 5.74) is 2.53. The van der Waals surface area contributed by atoms with Crippen molar-refractivity contribution >= 4 is 11.3 Å². The van der Waals surface area contributed by atoms with Crippen LogP contribution in [-0.2, 0) is 11.2 Å². The highest BCUT2D eigenvalue weighted by Gasteiger charge is 2.16. The first kappa shape index (κ1) is 11.6. The Morgan fingerprint density at radius 2 is 2.50 bits per heavy atom. The topological polar surface area (TPSA) is 34.2 Å². The summed E-state index contributed by atoms with van der Waals surface area (Å²) in [4.78, 5) is 4.50. The first-order chi connectivity index (χ1) is 7.79. The molecule has 0 saturated carbocycles. The number of nitrogens with one attached hydrogen (secondary N) is 1. The first-order valence-electron chi connectivity index (χ1n) is 5.68. The van der Waals surface area contributed by atoms with E-state index in [1.807, 2.05) is 20.2 Å². The Labute approximate surface area is 101 Å². The van der Waals surface area contributed by atoms with Gasteiger partial charge in [-0.3, -0.25) is 0 Å². The van der Waals surface area contributed by atoms with Crippen molar-refractivity contribution in [2.24, 2.45) is 0 Å². The largest absolute Gasteiger partial charge is 0.501 e. The van der Waals surface area contributed by atoms with Crippen molar-refractivity contribution in [1.82, 2.24) is 10.3 Å². The van der Waals surface area contributed by atoms with E-state index in [0.29, 0.717) is 6.04 Å². The van der Waals surface area contributed by atoms with Gasteiger partial charge in [0.1, 0.15) is 0 Å². The Morgan fingerprint density at radius 3 is 3.06 bits per heavy atom. The molecular weight excluding hydrogens is 220 g/mol. The van der Waals surface area contributed by atoms with E-state index in [2.05, 4.69) is 15.7 Å². The lowest BCUT2D eigenvalue weighted by molar-refractivity contribution is 0.219. The van der Waals surface area contributed by atoms with Crippen molar-refractivity contribution in [3.05, 3.63) is 27.9 Å². The average molecular weight is 238 g/mol. The Bertz CT molecular complexity index is 373. The Balaban J connectivity index is 2.02. The van der Waals surface area contributed by atoms with Crippen molar-refractivity contribution in [2.75, 3.05) is 13.7 Å². The summed E-state index contributed by atoms with van der Waals surface area (Å²) in [7, 11) is 2.00. The molecule has 0 saturated heterocycles. The average Bonchev–Trinajstić information content (AvgIpc) is 2.73. The molecule has 1 aliphatic heterocycles. The number of thiazole rings is 1. The fourth-order valence-electron chi connectivity index (χ4n) is 1.97. The van der Waals surface area contributed by atoms with Gasteiger partial charge in [0.05, 0.1) is 23.6 Å². The molecule has 0 bridgehead atoms. The third kappa shape index (κ3) is 2.83. The molecule has 0 amide bonds. The molecule has 1 aromatic heterocycles. The zero-order chi connectivity index (χ0) is 11.4. The van der Waals surface area contributed by atoms with Crippen molar-refractivity contribution < 1.29 is 4.74 Å². The second kappa shape index (κ2) is 5.46. The molecule has 2 rings (SSSR count). The van der Waals surface area contributed by atoms with Crippen LogP contribution in [0.15, 0.2) is 17.2 Å². The maximum atomic E-state index is 5.39. The van der Waals surface area contributed by atoms with Gasteiger partial charge in [-0.25, -0.2) is 4.98 Å². The van der Waals surface area contributed by atoms with Gasteiger partial charge >= 0.3 is 0 Å². The number of aromatic nitrogens is 1. The van der Waals surface area contributed by atoms with Gasteiger partial charge < -0.3 is 10.1 Å². The number of rotatable bonds is 4. The van der Waals surface area contributed by atoms with Crippen LogP contribution in [0, 0.1) is 6.92 Å². The molecule has 0 spiro atoms. The maximum absolute atomic E-state index is 5.39. The third-order valence-electron chi connectivity index (χ3n) is 2.84. The summed E-state index contributed by atoms with van der Waals surface area (Å²) in [6.07, 6.45) is 5.13. The van der Waals surface area contributed by atoms with Crippen LogP contribution in [0.3, 0.4) is 0 Å². The van der Waals surface area contributed by atoms with Gasteiger partial charge in [0.15, 0.2) is 0 Å². The van der Waals surface area contributed by atoms with Crippen molar-refractivity contribution in [3.8, 4) is 0 Å². The molecule has 16 heavy (non-hydrogen) atoms. The molecule has 1 aliphatic rings. The molecular formula is C12H18N2OS. The quantitative estimate of drug-likeness (QED) is 0.874. The summed E-state index contributed by atoms with van der Waals surface area (Å²) in [6.45, 7) is 2.90. The first-order valence-corrected chi connectivity index (χ1v) is 6.56. The van der Waals surface area contributed by atoms with Crippen LogP contribution in [0.25, 0.3) is 0 Å². The number of ether oxygens (including phenoxy) is 1. The number of nitrogens with zero attached hydrogens (tertiary/aromatic N) is 1. The van der Waals surface area contributed by atoms with Crippen LogP contribution in [-0.4, -0.2) is 24.7 Å². The minimum atomic E-state index is 0.363. The van der Waals surface area contributed by atoms with Crippen LogP contribution in [0.5, 0.6) is 0 Å².